The number of rotatable bonds is 2. The lowest BCUT2D eigenvalue weighted by molar-refractivity contribution is -0.231. The molecule has 0 unspecified atom stereocenters. The second-order valence-electron chi connectivity index (χ2n) is 9.99. The molecule has 1 aromatic heterocycles. The number of hydrogen-bond donors (Lipinski definition) is 0. The van der Waals surface area contributed by atoms with Crippen LogP contribution < -0.4 is 4.74 Å². The van der Waals surface area contributed by atoms with Crippen LogP contribution in [0.3, 0.4) is 0 Å². The first-order valence-corrected chi connectivity index (χ1v) is 11.4. The highest BCUT2D eigenvalue weighted by atomic mass is 16.7. The minimum absolute atomic E-state index is 0.380. The van der Waals surface area contributed by atoms with Gasteiger partial charge in [0.15, 0.2) is 0 Å². The Hall–Kier alpha value is -2.31. The first-order chi connectivity index (χ1) is 14.8. The van der Waals surface area contributed by atoms with Crippen LogP contribution in [0, 0.1) is 0 Å². The van der Waals surface area contributed by atoms with Crippen molar-refractivity contribution in [1.82, 2.24) is 9.47 Å². The summed E-state index contributed by atoms with van der Waals surface area (Å²) in [4.78, 5) is 15.2. The highest BCUT2D eigenvalue weighted by Gasteiger charge is 2.42. The second-order valence-corrected chi connectivity index (χ2v) is 9.99. The molecule has 31 heavy (non-hydrogen) atoms. The molecule has 166 valence electrons. The van der Waals surface area contributed by atoms with Crippen molar-refractivity contribution >= 4 is 6.09 Å². The molecular weight excluding hydrogens is 392 g/mol. The molecule has 2 aromatic rings. The maximum Gasteiger partial charge on any atom is 0.418 e. The molecule has 2 aliphatic heterocycles. The van der Waals surface area contributed by atoms with Crippen molar-refractivity contribution in [2.24, 2.45) is 0 Å². The Morgan fingerprint density at radius 3 is 2.61 bits per heavy atom. The summed E-state index contributed by atoms with van der Waals surface area (Å²) in [6.07, 6.45) is 7.22. The molecule has 6 heteroatoms. The Morgan fingerprint density at radius 1 is 1.16 bits per heavy atom. The van der Waals surface area contributed by atoms with Gasteiger partial charge in [-0.25, -0.2) is 4.79 Å². The summed E-state index contributed by atoms with van der Waals surface area (Å²) in [5.41, 5.74) is 2.21. The van der Waals surface area contributed by atoms with Crippen LogP contribution in [0.25, 0.3) is 11.3 Å². The molecule has 0 bridgehead atoms. The smallest absolute Gasteiger partial charge is 0.418 e. The molecule has 3 heterocycles. The molecular formula is C25H32N2O4. The lowest BCUT2D eigenvalue weighted by atomic mass is 9.89. The Labute approximate surface area is 184 Å². The monoisotopic (exact) mass is 424 g/mol. The van der Waals surface area contributed by atoms with Crippen molar-refractivity contribution in [3.63, 3.8) is 0 Å². The zero-order valence-electron chi connectivity index (χ0n) is 18.7. The fourth-order valence-electron chi connectivity index (χ4n) is 4.70. The first kappa shape index (κ1) is 20.6. The van der Waals surface area contributed by atoms with E-state index in [1.165, 1.54) is 19.3 Å². The van der Waals surface area contributed by atoms with Gasteiger partial charge in [0.1, 0.15) is 11.4 Å². The summed E-state index contributed by atoms with van der Waals surface area (Å²) < 4.78 is 19.8. The number of fused-ring (bicyclic) bond motifs is 1. The Bertz CT molecular complexity index is 962. The molecule has 1 aromatic carbocycles. The number of ether oxygens (including phenoxy) is 3. The lowest BCUT2D eigenvalue weighted by Crippen LogP contribution is -2.54. The highest BCUT2D eigenvalue weighted by Crippen LogP contribution is 2.40. The molecule has 2 fully saturated rings. The van der Waals surface area contributed by atoms with E-state index >= 15 is 0 Å². The molecule has 6 nitrogen and oxygen atoms in total. The average molecular weight is 425 g/mol. The predicted molar refractivity (Wildman–Crippen MR) is 118 cm³/mol. The van der Waals surface area contributed by atoms with Gasteiger partial charge in [0.25, 0.3) is 0 Å². The second kappa shape index (κ2) is 7.68. The van der Waals surface area contributed by atoms with E-state index in [0.717, 1.165) is 54.5 Å². The molecule has 0 N–H and O–H groups in total. The van der Waals surface area contributed by atoms with Gasteiger partial charge in [0.05, 0.1) is 12.3 Å². The number of hydrogen-bond acceptors (Lipinski definition) is 5. The number of aromatic nitrogens is 1. The summed E-state index contributed by atoms with van der Waals surface area (Å²) in [6.45, 7) is 8.22. The van der Waals surface area contributed by atoms with Gasteiger partial charge in [-0.1, -0.05) is 6.42 Å². The quantitative estimate of drug-likeness (QED) is 0.664. The van der Waals surface area contributed by atoms with Crippen LogP contribution >= 0.6 is 0 Å². The predicted octanol–water partition coefficient (Wildman–Crippen LogP) is 5.19. The van der Waals surface area contributed by atoms with Crippen LogP contribution in [-0.2, 0) is 16.1 Å². The summed E-state index contributed by atoms with van der Waals surface area (Å²) >= 11 is 0. The standard InChI is InChI=1S/C25H32N2O4/c1-24(2,3)31-23(28)27-13-5-8-21(27)18-9-10-22-19(16-18)17-29-25(30-22)11-14-26(15-12-25)20-6-4-7-20/h5,8-10,13,16,20H,4,6-7,11-12,14-15,17H2,1-3H3. The van der Waals surface area contributed by atoms with Gasteiger partial charge >= 0.3 is 6.09 Å². The number of nitrogens with zero attached hydrogens (tertiary/aromatic N) is 2. The van der Waals surface area contributed by atoms with Gasteiger partial charge in [-0.15, -0.1) is 0 Å². The van der Waals surface area contributed by atoms with Crippen molar-refractivity contribution in [2.75, 3.05) is 13.1 Å². The van der Waals surface area contributed by atoms with Crippen molar-refractivity contribution in [3.05, 3.63) is 42.1 Å². The topological polar surface area (TPSA) is 52.9 Å². The number of likely N-dealkylation sites (tertiary alicyclic amines) is 1. The number of carbonyl (C=O) groups excluding carboxylic acids is 1. The molecule has 1 aliphatic carbocycles. The van der Waals surface area contributed by atoms with E-state index < -0.39 is 11.4 Å². The van der Waals surface area contributed by atoms with E-state index in [9.17, 15) is 4.79 Å². The summed E-state index contributed by atoms with van der Waals surface area (Å²) in [5, 5.41) is 0. The number of piperidine rings is 1. The molecule has 1 spiro atoms. The van der Waals surface area contributed by atoms with E-state index in [4.69, 9.17) is 14.2 Å². The normalized spacial score (nSPS) is 21.3. The molecule has 3 aliphatic rings. The zero-order valence-corrected chi connectivity index (χ0v) is 18.7. The van der Waals surface area contributed by atoms with Crippen LogP contribution in [0.15, 0.2) is 36.5 Å². The molecule has 1 saturated carbocycles. The van der Waals surface area contributed by atoms with E-state index in [-0.39, 0.29) is 6.09 Å². The molecule has 0 radical (unpaired) electrons. The van der Waals surface area contributed by atoms with Crippen LogP contribution in [-0.4, -0.2) is 46.1 Å². The van der Waals surface area contributed by atoms with E-state index in [1.807, 2.05) is 45.0 Å². The summed E-state index contributed by atoms with van der Waals surface area (Å²) in [6, 6.07) is 10.6. The van der Waals surface area contributed by atoms with Crippen molar-refractivity contribution < 1.29 is 19.0 Å². The van der Waals surface area contributed by atoms with Gasteiger partial charge in [-0.05, 0) is 69.5 Å². The highest BCUT2D eigenvalue weighted by molar-refractivity contribution is 5.79. The third-order valence-corrected chi connectivity index (χ3v) is 6.63. The van der Waals surface area contributed by atoms with Gasteiger partial charge in [0, 0.05) is 43.7 Å². The molecule has 1 saturated heterocycles. The fraction of sp³-hybridized carbons (Fsp3) is 0.560. The van der Waals surface area contributed by atoms with Gasteiger partial charge in [-0.3, -0.25) is 9.47 Å². The summed E-state index contributed by atoms with van der Waals surface area (Å²) in [5.74, 6) is 0.397. The van der Waals surface area contributed by atoms with Crippen LogP contribution in [0.4, 0.5) is 4.79 Å². The average Bonchev–Trinajstić information content (AvgIpc) is 3.17. The minimum Gasteiger partial charge on any atom is -0.462 e. The third kappa shape index (κ3) is 4.11. The van der Waals surface area contributed by atoms with Crippen molar-refractivity contribution in [3.8, 4) is 17.0 Å². The van der Waals surface area contributed by atoms with Gasteiger partial charge in [0.2, 0.25) is 5.79 Å². The minimum atomic E-state index is -0.543. The SMILES string of the molecule is CC(C)(C)OC(=O)n1cccc1-c1ccc2c(c1)COC1(CCN(C3CCC3)CC1)O2. The Morgan fingerprint density at radius 2 is 1.94 bits per heavy atom. The van der Waals surface area contributed by atoms with Crippen LogP contribution in [0.1, 0.15) is 58.4 Å². The Balaban J connectivity index is 1.31. The third-order valence-electron chi connectivity index (χ3n) is 6.63. The molecule has 0 amide bonds. The van der Waals surface area contributed by atoms with Crippen LogP contribution in [0.5, 0.6) is 5.75 Å². The van der Waals surface area contributed by atoms with E-state index in [1.54, 1.807) is 10.8 Å². The van der Waals surface area contributed by atoms with E-state index in [0.29, 0.717) is 6.61 Å². The van der Waals surface area contributed by atoms with Gasteiger partial charge < -0.3 is 14.2 Å². The van der Waals surface area contributed by atoms with Gasteiger partial charge in [-0.2, -0.15) is 0 Å². The van der Waals surface area contributed by atoms with Crippen molar-refractivity contribution in [1.29, 1.82) is 0 Å². The Kier molecular flexibility index (Phi) is 5.10. The lowest BCUT2D eigenvalue weighted by Gasteiger charge is -2.47. The number of benzene rings is 1. The fourth-order valence-corrected chi connectivity index (χ4v) is 4.70. The maximum absolute atomic E-state index is 12.6. The molecule has 5 rings (SSSR count). The van der Waals surface area contributed by atoms with Crippen molar-refractivity contribution in [2.45, 2.75) is 76.9 Å². The van der Waals surface area contributed by atoms with E-state index in [2.05, 4.69) is 11.0 Å². The zero-order chi connectivity index (χ0) is 21.6. The number of carbonyl (C=O) groups is 1. The largest absolute Gasteiger partial charge is 0.462 e. The first-order valence-electron chi connectivity index (χ1n) is 11.4. The summed E-state index contributed by atoms with van der Waals surface area (Å²) in [7, 11) is 0. The van der Waals surface area contributed by atoms with Crippen LogP contribution in [0.2, 0.25) is 0 Å². The molecule has 0 atom stereocenters. The maximum atomic E-state index is 12.6.